The molecule has 2 rings (SSSR count). The number of hydrogen-bond acceptors (Lipinski definition) is 2. The van der Waals surface area contributed by atoms with Crippen LogP contribution in [0.2, 0.25) is 0 Å². The molecule has 1 aliphatic rings. The van der Waals surface area contributed by atoms with E-state index in [2.05, 4.69) is 10.3 Å². The summed E-state index contributed by atoms with van der Waals surface area (Å²) < 4.78 is 37.5. The van der Waals surface area contributed by atoms with Crippen molar-refractivity contribution in [3.8, 4) is 0 Å². The summed E-state index contributed by atoms with van der Waals surface area (Å²) in [4.78, 5) is 3.96. The Morgan fingerprint density at radius 3 is 3.00 bits per heavy atom. The van der Waals surface area contributed by atoms with Crippen molar-refractivity contribution in [2.24, 2.45) is 0 Å². The van der Waals surface area contributed by atoms with Crippen molar-refractivity contribution in [2.45, 2.75) is 25.7 Å². The average molecular weight is 205 g/mol. The average Bonchev–Trinajstić information content (AvgIpc) is 2.47. The Balaban J connectivity index is 2.22. The second-order valence-corrected chi connectivity index (χ2v) is 3.31. The molecule has 1 aromatic rings. The predicted molar refractivity (Wildman–Crippen MR) is 43.7 cm³/mol. The third kappa shape index (κ3) is 1.89. The van der Waals surface area contributed by atoms with Gasteiger partial charge in [0, 0.05) is 19.5 Å². The molecule has 6 heteroatoms. The van der Waals surface area contributed by atoms with E-state index in [0.717, 1.165) is 12.2 Å². The van der Waals surface area contributed by atoms with Gasteiger partial charge in [-0.05, 0) is 0 Å². The third-order valence-electron chi connectivity index (χ3n) is 2.21. The summed E-state index contributed by atoms with van der Waals surface area (Å²) in [7, 11) is 0. The Morgan fingerprint density at radius 1 is 1.50 bits per heavy atom. The molecule has 1 aromatic heterocycles. The largest absolute Gasteiger partial charge is 0.406 e. The van der Waals surface area contributed by atoms with E-state index in [-0.39, 0.29) is 0 Å². The van der Waals surface area contributed by atoms with Crippen molar-refractivity contribution in [3.63, 3.8) is 0 Å². The molecule has 0 saturated carbocycles. The highest BCUT2D eigenvalue weighted by molar-refractivity contribution is 5.16. The number of halogens is 3. The molecule has 0 spiro atoms. The SMILES string of the molecule is FC(F)(F)Cn1cnc2c1CNCC2. The predicted octanol–water partition coefficient (Wildman–Crippen LogP) is 1.09. The van der Waals surface area contributed by atoms with Crippen LogP contribution in [0.1, 0.15) is 11.4 Å². The molecule has 0 amide bonds. The highest BCUT2D eigenvalue weighted by Crippen LogP contribution is 2.20. The second-order valence-electron chi connectivity index (χ2n) is 3.31. The van der Waals surface area contributed by atoms with E-state index in [9.17, 15) is 13.2 Å². The molecule has 1 aliphatic heterocycles. The zero-order chi connectivity index (χ0) is 10.2. The van der Waals surface area contributed by atoms with Crippen molar-refractivity contribution in [1.29, 1.82) is 0 Å². The standard InChI is InChI=1S/C8H10F3N3/c9-8(10,11)4-14-5-13-6-1-2-12-3-7(6)14/h5,12H,1-4H2. The lowest BCUT2D eigenvalue weighted by Gasteiger charge is -2.16. The first-order chi connectivity index (χ1) is 6.56. The Bertz CT molecular complexity index is 329. The van der Waals surface area contributed by atoms with Crippen LogP contribution in [0, 0.1) is 0 Å². The quantitative estimate of drug-likeness (QED) is 0.743. The molecular formula is C8H10F3N3. The highest BCUT2D eigenvalue weighted by Gasteiger charge is 2.29. The van der Waals surface area contributed by atoms with Gasteiger partial charge in [-0.2, -0.15) is 13.2 Å². The topological polar surface area (TPSA) is 29.9 Å². The van der Waals surface area contributed by atoms with Crippen LogP contribution >= 0.6 is 0 Å². The van der Waals surface area contributed by atoms with Crippen LogP contribution in [0.3, 0.4) is 0 Å². The van der Waals surface area contributed by atoms with Gasteiger partial charge in [-0.1, -0.05) is 0 Å². The van der Waals surface area contributed by atoms with Gasteiger partial charge in [-0.25, -0.2) is 4.98 Å². The first-order valence-electron chi connectivity index (χ1n) is 4.36. The van der Waals surface area contributed by atoms with Crippen molar-refractivity contribution >= 4 is 0 Å². The van der Waals surface area contributed by atoms with Crippen LogP contribution in [0.25, 0.3) is 0 Å². The molecule has 0 bridgehead atoms. The maximum atomic E-state index is 12.1. The van der Waals surface area contributed by atoms with Crippen LogP contribution < -0.4 is 5.32 Å². The van der Waals surface area contributed by atoms with E-state index in [1.54, 1.807) is 0 Å². The minimum atomic E-state index is -4.17. The van der Waals surface area contributed by atoms with Gasteiger partial charge < -0.3 is 9.88 Å². The van der Waals surface area contributed by atoms with Crippen molar-refractivity contribution < 1.29 is 13.2 Å². The van der Waals surface area contributed by atoms with Crippen LogP contribution in [0.4, 0.5) is 13.2 Å². The molecule has 2 heterocycles. The molecular weight excluding hydrogens is 195 g/mol. The molecule has 1 N–H and O–H groups in total. The fourth-order valence-electron chi connectivity index (χ4n) is 1.60. The van der Waals surface area contributed by atoms with Gasteiger partial charge >= 0.3 is 6.18 Å². The lowest BCUT2D eigenvalue weighted by atomic mass is 10.2. The number of imidazole rings is 1. The number of nitrogens with one attached hydrogen (secondary N) is 1. The number of hydrogen-bond donors (Lipinski definition) is 1. The van der Waals surface area contributed by atoms with Crippen molar-refractivity contribution in [2.75, 3.05) is 6.54 Å². The van der Waals surface area contributed by atoms with Crippen molar-refractivity contribution in [1.82, 2.24) is 14.9 Å². The molecule has 0 saturated heterocycles. The zero-order valence-corrected chi connectivity index (χ0v) is 7.43. The minimum absolute atomic E-state index is 0.478. The Morgan fingerprint density at radius 2 is 2.29 bits per heavy atom. The van der Waals surface area contributed by atoms with E-state index < -0.39 is 12.7 Å². The summed E-state index contributed by atoms with van der Waals surface area (Å²) in [6.45, 7) is 0.318. The maximum Gasteiger partial charge on any atom is 0.406 e. The normalized spacial score (nSPS) is 16.8. The maximum absolute atomic E-state index is 12.1. The first-order valence-corrected chi connectivity index (χ1v) is 4.36. The molecule has 0 atom stereocenters. The monoisotopic (exact) mass is 205 g/mol. The summed E-state index contributed by atoms with van der Waals surface area (Å²) >= 11 is 0. The van der Waals surface area contributed by atoms with E-state index >= 15 is 0 Å². The van der Waals surface area contributed by atoms with Gasteiger partial charge in [0.05, 0.1) is 17.7 Å². The highest BCUT2D eigenvalue weighted by atomic mass is 19.4. The second kappa shape index (κ2) is 3.27. The fraction of sp³-hybridized carbons (Fsp3) is 0.625. The third-order valence-corrected chi connectivity index (χ3v) is 2.21. The molecule has 0 fully saturated rings. The Hall–Kier alpha value is -1.04. The van der Waals surface area contributed by atoms with Crippen LogP contribution in [-0.2, 0) is 19.5 Å². The number of alkyl halides is 3. The molecule has 0 aromatic carbocycles. The van der Waals surface area contributed by atoms with Gasteiger partial charge in [0.15, 0.2) is 0 Å². The Kier molecular flexibility index (Phi) is 2.22. The van der Waals surface area contributed by atoms with Gasteiger partial charge in [-0.15, -0.1) is 0 Å². The first kappa shape index (κ1) is 9.51. The number of aromatic nitrogens is 2. The smallest absolute Gasteiger partial charge is 0.324 e. The van der Waals surface area contributed by atoms with Crippen LogP contribution in [-0.4, -0.2) is 22.3 Å². The van der Waals surface area contributed by atoms with E-state index in [1.807, 2.05) is 0 Å². The van der Waals surface area contributed by atoms with Gasteiger partial charge in [0.25, 0.3) is 0 Å². The van der Waals surface area contributed by atoms with E-state index in [4.69, 9.17) is 0 Å². The minimum Gasteiger partial charge on any atom is -0.324 e. The van der Waals surface area contributed by atoms with Gasteiger partial charge in [0.1, 0.15) is 6.54 Å². The number of rotatable bonds is 1. The van der Waals surface area contributed by atoms with Gasteiger partial charge in [-0.3, -0.25) is 0 Å². The fourth-order valence-corrected chi connectivity index (χ4v) is 1.60. The lowest BCUT2D eigenvalue weighted by molar-refractivity contribution is -0.141. The summed E-state index contributed by atoms with van der Waals surface area (Å²) in [6, 6.07) is 0. The van der Waals surface area contributed by atoms with E-state index in [1.165, 1.54) is 10.9 Å². The summed E-state index contributed by atoms with van der Waals surface area (Å²) in [5.74, 6) is 0. The molecule has 14 heavy (non-hydrogen) atoms. The molecule has 0 aliphatic carbocycles. The number of nitrogens with zero attached hydrogens (tertiary/aromatic N) is 2. The zero-order valence-electron chi connectivity index (χ0n) is 7.43. The Labute approximate surface area is 78.9 Å². The lowest BCUT2D eigenvalue weighted by Crippen LogP contribution is -2.27. The van der Waals surface area contributed by atoms with Crippen LogP contribution in [0.15, 0.2) is 6.33 Å². The molecule has 3 nitrogen and oxygen atoms in total. The van der Waals surface area contributed by atoms with Crippen LogP contribution in [0.5, 0.6) is 0 Å². The van der Waals surface area contributed by atoms with Gasteiger partial charge in [0.2, 0.25) is 0 Å². The number of fused-ring (bicyclic) bond motifs is 1. The van der Waals surface area contributed by atoms with Crippen molar-refractivity contribution in [3.05, 3.63) is 17.7 Å². The summed E-state index contributed by atoms with van der Waals surface area (Å²) in [5, 5.41) is 3.03. The molecule has 0 unspecified atom stereocenters. The molecule has 78 valence electrons. The van der Waals surface area contributed by atoms with E-state index in [0.29, 0.717) is 18.7 Å². The summed E-state index contributed by atoms with van der Waals surface area (Å²) in [6.07, 6.45) is -2.20. The molecule has 0 radical (unpaired) electrons. The summed E-state index contributed by atoms with van der Waals surface area (Å²) in [5.41, 5.74) is 1.45.